The minimum absolute atomic E-state index is 0. The van der Waals surface area contributed by atoms with E-state index < -0.39 is 0 Å². The molecule has 4 aromatic heterocycles. The number of hydrogen-bond acceptors (Lipinski definition) is 17. The van der Waals surface area contributed by atoms with Crippen LogP contribution >= 0.6 is 71.1 Å². The number of aromatic nitrogens is 8. The van der Waals surface area contributed by atoms with Crippen LogP contribution in [0.25, 0.3) is 22.8 Å². The number of alkyl halides is 1. The molecule has 1 aliphatic heterocycles. The summed E-state index contributed by atoms with van der Waals surface area (Å²) in [5.74, 6) is 3.62. The number of benzene rings is 2. The molecule has 1 fully saturated rings. The topological polar surface area (TPSA) is 195 Å². The number of halogens is 2. The lowest BCUT2D eigenvalue weighted by atomic mass is 10.2. The third-order valence-electron chi connectivity index (χ3n) is 7.84. The molecule has 1 aliphatic rings. The van der Waals surface area contributed by atoms with Crippen molar-refractivity contribution in [1.82, 2.24) is 43.6 Å². The summed E-state index contributed by atoms with van der Waals surface area (Å²) in [4.78, 5) is 49.0. The molecular weight excluding hydrogens is 926 g/mol. The average molecular weight is 981 g/mol. The van der Waals surface area contributed by atoms with Crippen LogP contribution in [-0.4, -0.2) is 114 Å². The van der Waals surface area contributed by atoms with Crippen molar-refractivity contribution < 1.29 is 23.8 Å². The molecule has 7 rings (SSSR count). The van der Waals surface area contributed by atoms with Crippen LogP contribution in [0.15, 0.2) is 90.1 Å². The van der Waals surface area contributed by atoms with E-state index in [0.29, 0.717) is 21.4 Å². The van der Waals surface area contributed by atoms with Crippen LogP contribution in [0, 0.1) is 3.95 Å². The number of methoxy groups -OCH3 is 2. The first kappa shape index (κ1) is 56.3. The Labute approximate surface area is 398 Å². The number of H-pyrrole nitrogens is 1. The van der Waals surface area contributed by atoms with E-state index >= 15 is 0 Å². The highest BCUT2D eigenvalue weighted by molar-refractivity contribution is 8.01. The van der Waals surface area contributed by atoms with Crippen molar-refractivity contribution in [3.05, 3.63) is 89.7 Å². The highest BCUT2D eigenvalue weighted by atomic mass is 35.5. The van der Waals surface area contributed by atoms with Crippen LogP contribution in [0.5, 0.6) is 11.5 Å². The Bertz CT molecular complexity index is 2130. The molecule has 22 heteroatoms. The number of thioether (sulfide) groups is 1. The molecule has 342 valence electrons. The first-order valence-electron chi connectivity index (χ1n) is 19.0. The van der Waals surface area contributed by atoms with Crippen molar-refractivity contribution in [2.75, 3.05) is 69.3 Å². The molecule has 0 saturated carbocycles. The van der Waals surface area contributed by atoms with E-state index in [4.69, 9.17) is 38.0 Å². The second-order valence-corrected chi connectivity index (χ2v) is 15.6. The van der Waals surface area contributed by atoms with Crippen molar-refractivity contribution in [2.24, 2.45) is 0 Å². The molecule has 0 atom stereocenters. The van der Waals surface area contributed by atoms with Crippen LogP contribution in [0.4, 0.5) is 11.6 Å². The van der Waals surface area contributed by atoms with Gasteiger partial charge in [-0.05, 0) is 116 Å². The van der Waals surface area contributed by atoms with Crippen molar-refractivity contribution in [1.29, 1.82) is 0 Å². The van der Waals surface area contributed by atoms with Crippen molar-refractivity contribution in [2.45, 2.75) is 45.4 Å². The lowest BCUT2D eigenvalue weighted by Gasteiger charge is -2.13. The van der Waals surface area contributed by atoms with Crippen LogP contribution in [0.2, 0.25) is 0 Å². The Hall–Kier alpha value is -4.67. The fourth-order valence-electron chi connectivity index (χ4n) is 4.62. The minimum atomic E-state index is -0.285. The standard InChI is InChI=1S/C15H13N5O2S2.C9H8N2OS2.C6H6ClN3O.C6H15N.C4H8O.CH4.ClH/c1-22-11-4-2-10(3-5-11)14-19-15(24-20-14)23-9-13(21)18-12-8-16-6-7-17-12;1-12-7-4-2-6(3-5-7)8-10-9(13)14-11-8;7-3-6(11)10-5-4-8-1-2-9-5;1-4-7(5-2)6-3;1-2-4-5-3-1;;/h2-8H,9H2,1H3,(H,17,18,21);2-5H,1H3,(H,10,11,13);1-2,4H,3H2,(H,9,10,11);4-6H2,1-3H3;1-4H2;1H4;1H. The number of anilines is 2. The zero-order valence-corrected chi connectivity index (χ0v) is 39.8. The molecule has 5 heterocycles. The van der Waals surface area contributed by atoms with E-state index in [1.165, 1.54) is 98.3 Å². The summed E-state index contributed by atoms with van der Waals surface area (Å²) in [6, 6.07) is 15.2. The highest BCUT2D eigenvalue weighted by Crippen LogP contribution is 2.26. The summed E-state index contributed by atoms with van der Waals surface area (Å²) in [5.41, 5.74) is 1.92. The van der Waals surface area contributed by atoms with Crippen LogP contribution in [0.3, 0.4) is 0 Å². The number of amides is 2. The van der Waals surface area contributed by atoms with E-state index in [2.05, 4.69) is 75.0 Å². The van der Waals surface area contributed by atoms with Gasteiger partial charge in [0.1, 0.15) is 23.2 Å². The van der Waals surface area contributed by atoms with Crippen LogP contribution in [-0.2, 0) is 14.3 Å². The van der Waals surface area contributed by atoms with Gasteiger partial charge in [0, 0.05) is 49.1 Å². The van der Waals surface area contributed by atoms with Gasteiger partial charge in [0.15, 0.2) is 25.8 Å². The molecule has 0 aliphatic carbocycles. The zero-order chi connectivity index (χ0) is 44.1. The third kappa shape index (κ3) is 23.0. The largest absolute Gasteiger partial charge is 0.497 e. The molecular formula is C41H55Cl2N11O5S4. The summed E-state index contributed by atoms with van der Waals surface area (Å²) in [6.45, 7) is 12.1. The fourth-order valence-corrected chi connectivity index (χ4v) is 6.80. The number of aromatic amines is 1. The zero-order valence-electron chi connectivity index (χ0n) is 35.0. The molecule has 6 aromatic rings. The van der Waals surface area contributed by atoms with Gasteiger partial charge in [-0.2, -0.15) is 4.37 Å². The summed E-state index contributed by atoms with van der Waals surface area (Å²) < 4.78 is 23.9. The normalized spacial score (nSPS) is 10.8. The van der Waals surface area contributed by atoms with E-state index in [1.807, 2.05) is 48.5 Å². The van der Waals surface area contributed by atoms with Gasteiger partial charge in [0.25, 0.3) is 0 Å². The molecule has 2 aromatic carbocycles. The number of ether oxygens (including phenoxy) is 3. The monoisotopic (exact) mass is 979 g/mol. The maximum atomic E-state index is 11.9. The Morgan fingerprint density at radius 2 is 1.35 bits per heavy atom. The number of carbonyl (C=O) groups excluding carboxylic acids is 2. The van der Waals surface area contributed by atoms with Crippen molar-refractivity contribution >= 4 is 94.5 Å². The number of hydrogen-bond donors (Lipinski definition) is 3. The predicted molar refractivity (Wildman–Crippen MR) is 261 cm³/mol. The minimum Gasteiger partial charge on any atom is -0.497 e. The maximum Gasteiger partial charge on any atom is 0.240 e. The van der Waals surface area contributed by atoms with Gasteiger partial charge in [0.05, 0.1) is 32.4 Å². The number of nitrogens with one attached hydrogen (secondary N) is 3. The first-order chi connectivity index (χ1) is 29.7. The highest BCUT2D eigenvalue weighted by Gasteiger charge is 2.11. The number of rotatable bonds is 13. The molecule has 0 spiro atoms. The van der Waals surface area contributed by atoms with Crippen LogP contribution < -0.4 is 20.1 Å². The second-order valence-electron chi connectivity index (χ2n) is 11.9. The summed E-state index contributed by atoms with van der Waals surface area (Å²) in [6.07, 6.45) is 11.6. The predicted octanol–water partition coefficient (Wildman–Crippen LogP) is 9.47. The maximum absolute atomic E-state index is 11.9. The molecule has 1 saturated heterocycles. The van der Waals surface area contributed by atoms with Crippen molar-refractivity contribution in [3.63, 3.8) is 0 Å². The van der Waals surface area contributed by atoms with Crippen molar-refractivity contribution in [3.8, 4) is 34.3 Å². The van der Waals surface area contributed by atoms with Gasteiger partial charge in [-0.3, -0.25) is 23.9 Å². The summed E-state index contributed by atoms with van der Waals surface area (Å²) in [7, 11) is 3.27. The van der Waals surface area contributed by atoms with Gasteiger partial charge in [-0.25, -0.2) is 19.9 Å². The number of carbonyl (C=O) groups is 2. The quantitative estimate of drug-likeness (QED) is 0.0562. The van der Waals surface area contributed by atoms with Gasteiger partial charge in [-0.15, -0.1) is 24.0 Å². The summed E-state index contributed by atoms with van der Waals surface area (Å²) >= 11 is 14.1. The Balaban J connectivity index is 0.000000434. The first-order valence-corrected chi connectivity index (χ1v) is 22.5. The molecule has 63 heavy (non-hydrogen) atoms. The molecule has 16 nitrogen and oxygen atoms in total. The Morgan fingerprint density at radius 1 is 0.825 bits per heavy atom. The lowest BCUT2D eigenvalue weighted by Crippen LogP contribution is -2.21. The second kappa shape index (κ2) is 33.8. The van der Waals surface area contributed by atoms with E-state index in [-0.39, 0.29) is 43.3 Å². The fraction of sp³-hybridized carbons (Fsp3) is 0.366. The van der Waals surface area contributed by atoms with Gasteiger partial charge < -0.3 is 29.7 Å². The van der Waals surface area contributed by atoms with E-state index in [9.17, 15) is 9.59 Å². The SMILES string of the molecule is C.C1CCOC1.CCN(CC)CC.COc1ccc(-c2nc(=S)s[nH]2)cc1.COc1ccc(-c2nsc(SCC(=O)Nc3cnccn3)n2)cc1.Cl.O=C(CCl)Nc1cnccn1. The molecule has 3 N–H and O–H groups in total. The van der Waals surface area contributed by atoms with Gasteiger partial charge in [0.2, 0.25) is 11.8 Å². The average Bonchev–Trinajstić information content (AvgIpc) is 4.13. The summed E-state index contributed by atoms with van der Waals surface area (Å²) in [5, 5.41) is 5.12. The Kier molecular flexibility index (Phi) is 30.3. The number of nitrogens with zero attached hydrogens (tertiary/aromatic N) is 8. The van der Waals surface area contributed by atoms with Gasteiger partial charge >= 0.3 is 0 Å². The molecule has 0 radical (unpaired) electrons. The lowest BCUT2D eigenvalue weighted by molar-refractivity contribution is -0.114. The van der Waals surface area contributed by atoms with Crippen LogP contribution in [0.1, 0.15) is 41.0 Å². The Morgan fingerprint density at radius 3 is 1.75 bits per heavy atom. The third-order valence-corrected chi connectivity index (χ3v) is 10.8. The van der Waals surface area contributed by atoms with E-state index in [0.717, 1.165) is 46.0 Å². The van der Waals surface area contributed by atoms with E-state index in [1.54, 1.807) is 20.4 Å². The molecule has 0 bridgehead atoms. The molecule has 2 amide bonds. The smallest absolute Gasteiger partial charge is 0.240 e. The van der Waals surface area contributed by atoms with Gasteiger partial charge in [-0.1, -0.05) is 40.0 Å². The molecule has 0 unspecified atom stereocenters.